The summed E-state index contributed by atoms with van der Waals surface area (Å²) < 4.78 is 5.39. The van der Waals surface area contributed by atoms with Gasteiger partial charge in [0.05, 0.1) is 0 Å². The molecular weight excluding hydrogens is 212 g/mol. The van der Waals surface area contributed by atoms with Crippen LogP contribution in [0.5, 0.6) is 0 Å². The maximum absolute atomic E-state index is 5.39. The molecule has 3 nitrogen and oxygen atoms in total. The van der Waals surface area contributed by atoms with Crippen LogP contribution < -0.4 is 5.32 Å². The predicted molar refractivity (Wildman–Crippen MR) is 68.8 cm³/mol. The van der Waals surface area contributed by atoms with Gasteiger partial charge in [0.15, 0.2) is 0 Å². The number of pyridine rings is 1. The van der Waals surface area contributed by atoms with Gasteiger partial charge in [-0.3, -0.25) is 4.98 Å². The van der Waals surface area contributed by atoms with Crippen LogP contribution in [-0.4, -0.2) is 24.2 Å². The van der Waals surface area contributed by atoms with Gasteiger partial charge < -0.3 is 10.1 Å². The molecule has 3 heteroatoms. The van der Waals surface area contributed by atoms with Crippen LogP contribution in [0.25, 0.3) is 0 Å². The maximum atomic E-state index is 5.39. The normalized spacial score (nSPS) is 19.2. The molecule has 1 atom stereocenters. The van der Waals surface area contributed by atoms with E-state index in [9.17, 15) is 0 Å². The number of hydrogen-bond acceptors (Lipinski definition) is 3. The SMILES string of the molecule is Cc1ccc(CNC(C)C2CCOCC2)cn1. The van der Waals surface area contributed by atoms with E-state index in [0.717, 1.165) is 31.4 Å². The lowest BCUT2D eigenvalue weighted by atomic mass is 9.93. The lowest BCUT2D eigenvalue weighted by Crippen LogP contribution is -2.36. The number of nitrogens with one attached hydrogen (secondary N) is 1. The Hall–Kier alpha value is -0.930. The molecule has 1 aromatic heterocycles. The number of hydrogen-bond donors (Lipinski definition) is 1. The quantitative estimate of drug-likeness (QED) is 0.868. The second-order valence-electron chi connectivity index (χ2n) is 4.93. The van der Waals surface area contributed by atoms with Gasteiger partial charge in [-0.2, -0.15) is 0 Å². The van der Waals surface area contributed by atoms with Gasteiger partial charge in [0.2, 0.25) is 0 Å². The Bertz CT molecular complexity index is 331. The van der Waals surface area contributed by atoms with Gasteiger partial charge in [-0.15, -0.1) is 0 Å². The van der Waals surface area contributed by atoms with Gasteiger partial charge in [-0.05, 0) is 44.2 Å². The smallest absolute Gasteiger partial charge is 0.0469 e. The Morgan fingerprint density at radius 2 is 2.18 bits per heavy atom. The van der Waals surface area contributed by atoms with E-state index in [1.165, 1.54) is 18.4 Å². The molecule has 0 aliphatic carbocycles. The van der Waals surface area contributed by atoms with Gasteiger partial charge in [-0.25, -0.2) is 0 Å². The molecule has 2 rings (SSSR count). The first-order valence-corrected chi connectivity index (χ1v) is 6.48. The van der Waals surface area contributed by atoms with E-state index in [2.05, 4.69) is 29.4 Å². The summed E-state index contributed by atoms with van der Waals surface area (Å²) in [6, 6.07) is 4.77. The van der Waals surface area contributed by atoms with Crippen molar-refractivity contribution in [1.82, 2.24) is 10.3 Å². The fourth-order valence-corrected chi connectivity index (χ4v) is 2.26. The van der Waals surface area contributed by atoms with Gasteiger partial charge in [-0.1, -0.05) is 6.07 Å². The molecule has 0 bridgehead atoms. The molecule has 1 fully saturated rings. The van der Waals surface area contributed by atoms with Crippen molar-refractivity contribution in [2.45, 2.75) is 39.3 Å². The summed E-state index contributed by atoms with van der Waals surface area (Å²) >= 11 is 0. The van der Waals surface area contributed by atoms with Gasteiger partial charge in [0.1, 0.15) is 0 Å². The number of rotatable bonds is 4. The molecule has 1 N–H and O–H groups in total. The van der Waals surface area contributed by atoms with E-state index >= 15 is 0 Å². The number of ether oxygens (including phenoxy) is 1. The van der Waals surface area contributed by atoms with E-state index in [1.54, 1.807) is 0 Å². The van der Waals surface area contributed by atoms with Crippen LogP contribution in [0.4, 0.5) is 0 Å². The van der Waals surface area contributed by atoms with Crippen LogP contribution in [0.3, 0.4) is 0 Å². The Labute approximate surface area is 104 Å². The molecule has 1 aliphatic rings. The highest BCUT2D eigenvalue weighted by Gasteiger charge is 2.19. The van der Waals surface area contributed by atoms with Crippen LogP contribution in [0, 0.1) is 12.8 Å². The lowest BCUT2D eigenvalue weighted by Gasteiger charge is -2.28. The average molecular weight is 234 g/mol. The number of aromatic nitrogens is 1. The molecule has 94 valence electrons. The molecular formula is C14H22N2O. The van der Waals surface area contributed by atoms with Crippen molar-refractivity contribution in [2.24, 2.45) is 5.92 Å². The third-order valence-corrected chi connectivity index (χ3v) is 3.57. The molecule has 0 aromatic carbocycles. The highest BCUT2D eigenvalue weighted by Crippen LogP contribution is 2.18. The summed E-state index contributed by atoms with van der Waals surface area (Å²) in [5.74, 6) is 0.752. The topological polar surface area (TPSA) is 34.1 Å². The number of aryl methyl sites for hydroxylation is 1. The standard InChI is InChI=1S/C14H22N2O/c1-11-3-4-13(9-15-11)10-16-12(2)14-5-7-17-8-6-14/h3-4,9,12,14,16H,5-8,10H2,1-2H3. The van der Waals surface area contributed by atoms with Gasteiger partial charge in [0.25, 0.3) is 0 Å². The third kappa shape index (κ3) is 3.79. The maximum Gasteiger partial charge on any atom is 0.0469 e. The first kappa shape index (κ1) is 12.5. The largest absolute Gasteiger partial charge is 0.381 e. The van der Waals surface area contributed by atoms with E-state index in [4.69, 9.17) is 4.74 Å². The monoisotopic (exact) mass is 234 g/mol. The molecule has 1 saturated heterocycles. The fraction of sp³-hybridized carbons (Fsp3) is 0.643. The third-order valence-electron chi connectivity index (χ3n) is 3.57. The first-order valence-electron chi connectivity index (χ1n) is 6.48. The van der Waals surface area contributed by atoms with Crippen molar-refractivity contribution in [3.8, 4) is 0 Å². The zero-order valence-electron chi connectivity index (χ0n) is 10.8. The van der Waals surface area contributed by atoms with Gasteiger partial charge >= 0.3 is 0 Å². The zero-order chi connectivity index (χ0) is 12.1. The van der Waals surface area contributed by atoms with E-state index in [1.807, 2.05) is 13.1 Å². The summed E-state index contributed by atoms with van der Waals surface area (Å²) in [6.45, 7) is 7.04. The Morgan fingerprint density at radius 3 is 2.82 bits per heavy atom. The Balaban J connectivity index is 1.78. The van der Waals surface area contributed by atoms with Crippen molar-refractivity contribution >= 4 is 0 Å². The minimum absolute atomic E-state index is 0.556. The van der Waals surface area contributed by atoms with Crippen molar-refractivity contribution < 1.29 is 4.74 Å². The summed E-state index contributed by atoms with van der Waals surface area (Å²) in [5.41, 5.74) is 2.33. The molecule has 0 saturated carbocycles. The Morgan fingerprint density at radius 1 is 1.41 bits per heavy atom. The van der Waals surface area contributed by atoms with E-state index < -0.39 is 0 Å². The summed E-state index contributed by atoms with van der Waals surface area (Å²) in [6.07, 6.45) is 4.32. The van der Waals surface area contributed by atoms with Crippen LogP contribution in [0.1, 0.15) is 31.0 Å². The fourth-order valence-electron chi connectivity index (χ4n) is 2.26. The molecule has 0 spiro atoms. The summed E-state index contributed by atoms with van der Waals surface area (Å²) in [4.78, 5) is 4.31. The molecule has 0 radical (unpaired) electrons. The van der Waals surface area contributed by atoms with E-state index in [-0.39, 0.29) is 0 Å². The predicted octanol–water partition coefficient (Wildman–Crippen LogP) is 2.29. The molecule has 17 heavy (non-hydrogen) atoms. The van der Waals surface area contributed by atoms with Crippen LogP contribution in [-0.2, 0) is 11.3 Å². The summed E-state index contributed by atoms with van der Waals surface area (Å²) in [5, 5.41) is 3.59. The second kappa shape index (κ2) is 6.12. The summed E-state index contributed by atoms with van der Waals surface area (Å²) in [7, 11) is 0. The van der Waals surface area contributed by atoms with Crippen molar-refractivity contribution in [1.29, 1.82) is 0 Å². The number of nitrogens with zero attached hydrogens (tertiary/aromatic N) is 1. The minimum atomic E-state index is 0.556. The molecule has 2 heterocycles. The van der Waals surface area contributed by atoms with Crippen molar-refractivity contribution in [3.05, 3.63) is 29.6 Å². The average Bonchev–Trinajstić information content (AvgIpc) is 2.39. The van der Waals surface area contributed by atoms with Crippen LogP contribution in [0.2, 0.25) is 0 Å². The molecule has 1 unspecified atom stereocenters. The highest BCUT2D eigenvalue weighted by molar-refractivity contribution is 5.12. The van der Waals surface area contributed by atoms with E-state index in [0.29, 0.717) is 6.04 Å². The molecule has 1 aromatic rings. The lowest BCUT2D eigenvalue weighted by molar-refractivity contribution is 0.0558. The van der Waals surface area contributed by atoms with Gasteiger partial charge in [0, 0.05) is 37.7 Å². The molecule has 1 aliphatic heterocycles. The molecule has 0 amide bonds. The van der Waals surface area contributed by atoms with Crippen LogP contribution in [0.15, 0.2) is 18.3 Å². The van der Waals surface area contributed by atoms with Crippen molar-refractivity contribution in [2.75, 3.05) is 13.2 Å². The second-order valence-corrected chi connectivity index (χ2v) is 4.93. The van der Waals surface area contributed by atoms with Crippen molar-refractivity contribution in [3.63, 3.8) is 0 Å². The van der Waals surface area contributed by atoms with Crippen LogP contribution >= 0.6 is 0 Å². The Kier molecular flexibility index (Phi) is 4.51. The highest BCUT2D eigenvalue weighted by atomic mass is 16.5. The zero-order valence-corrected chi connectivity index (χ0v) is 10.8. The first-order chi connectivity index (χ1) is 8.25. The minimum Gasteiger partial charge on any atom is -0.381 e.